The highest BCUT2D eigenvalue weighted by molar-refractivity contribution is 6.00. The minimum atomic E-state index is -1.42. The Labute approximate surface area is 238 Å². The molecule has 11 heteroatoms. The van der Waals surface area contributed by atoms with Gasteiger partial charge in [0.2, 0.25) is 11.8 Å². The molecule has 3 aromatic rings. The molecule has 6 N–H and O–H groups in total. The number of alkyl carbamates (subject to hydrolysis) is 1. The molecule has 2 unspecified atom stereocenters. The molecule has 0 aromatic heterocycles. The summed E-state index contributed by atoms with van der Waals surface area (Å²) in [6, 6.07) is 16.2. The van der Waals surface area contributed by atoms with Crippen LogP contribution in [-0.4, -0.2) is 63.7 Å². The van der Waals surface area contributed by atoms with Crippen LogP contribution in [0.2, 0.25) is 0 Å². The lowest BCUT2D eigenvalue weighted by molar-refractivity contribution is -0.141. The van der Waals surface area contributed by atoms with Crippen LogP contribution in [0.3, 0.4) is 0 Å². The number of ether oxygens (including phenoxy) is 1. The molecular weight excluding hydrogens is 528 g/mol. The van der Waals surface area contributed by atoms with Gasteiger partial charge in [0.15, 0.2) is 0 Å². The smallest absolute Gasteiger partial charge is 0.408 e. The summed E-state index contributed by atoms with van der Waals surface area (Å²) in [5, 5.41) is 27.7. The number of carbonyl (C=O) groups excluding carboxylic acids is 4. The molecule has 0 aliphatic rings. The fourth-order valence-electron chi connectivity index (χ4n) is 4.32. The average Bonchev–Trinajstić information content (AvgIpc) is 2.90. The number of primary amides is 1. The van der Waals surface area contributed by atoms with Crippen LogP contribution in [0.4, 0.5) is 10.5 Å². The largest absolute Gasteiger partial charge is 0.508 e. The number of fused-ring (bicyclic) bond motifs is 1. The highest BCUT2D eigenvalue weighted by Gasteiger charge is 2.37. The number of hydrogen-bond donors (Lipinski definition) is 5. The van der Waals surface area contributed by atoms with E-state index in [2.05, 4.69) is 10.6 Å². The monoisotopic (exact) mass is 564 g/mol. The summed E-state index contributed by atoms with van der Waals surface area (Å²) >= 11 is 0. The van der Waals surface area contributed by atoms with Gasteiger partial charge in [-0.15, -0.1) is 0 Å². The van der Waals surface area contributed by atoms with Gasteiger partial charge < -0.3 is 36.2 Å². The Bertz CT molecular complexity index is 1400. The maximum Gasteiger partial charge on any atom is 0.408 e. The Hall–Kier alpha value is -4.64. The number of para-hydroxylation sites is 1. The number of aliphatic hydroxyl groups excluding tert-OH is 1. The lowest BCUT2D eigenvalue weighted by atomic mass is 10.0. The molecule has 4 amide bonds. The van der Waals surface area contributed by atoms with Crippen LogP contribution >= 0.6 is 0 Å². The molecule has 2 atom stereocenters. The third-order valence-electron chi connectivity index (χ3n) is 6.10. The predicted molar refractivity (Wildman–Crippen MR) is 154 cm³/mol. The molecule has 0 bridgehead atoms. The number of nitrogens with two attached hydrogens (primary N) is 1. The fourth-order valence-corrected chi connectivity index (χ4v) is 4.32. The molecule has 0 heterocycles. The molecule has 0 saturated heterocycles. The van der Waals surface area contributed by atoms with Gasteiger partial charge in [-0.2, -0.15) is 0 Å². The minimum Gasteiger partial charge on any atom is -0.508 e. The lowest BCUT2D eigenvalue weighted by Gasteiger charge is -2.34. The van der Waals surface area contributed by atoms with Crippen LogP contribution in [-0.2, 0) is 19.1 Å². The zero-order valence-corrected chi connectivity index (χ0v) is 23.3. The first-order chi connectivity index (χ1) is 19.4. The second-order valence-corrected chi connectivity index (χ2v) is 10.5. The first-order valence-electron chi connectivity index (χ1n) is 13.2. The van der Waals surface area contributed by atoms with E-state index in [1.807, 2.05) is 30.3 Å². The second-order valence-electron chi connectivity index (χ2n) is 10.5. The number of anilines is 1. The van der Waals surface area contributed by atoms with E-state index in [0.29, 0.717) is 5.69 Å². The number of benzene rings is 3. The van der Waals surface area contributed by atoms with Crippen molar-refractivity contribution >= 4 is 40.3 Å². The van der Waals surface area contributed by atoms with Crippen LogP contribution in [0, 0.1) is 0 Å². The molecule has 0 aliphatic carbocycles. The quantitative estimate of drug-likeness (QED) is 0.238. The van der Waals surface area contributed by atoms with Gasteiger partial charge in [0.05, 0.1) is 6.61 Å². The number of aromatic hydroxyl groups is 1. The number of nitrogens with zero attached hydrogens (tertiary/aromatic N) is 1. The fraction of sp³-hybridized carbons (Fsp3) is 0.333. The number of hydrogen-bond acceptors (Lipinski definition) is 7. The van der Waals surface area contributed by atoms with E-state index < -0.39 is 48.1 Å². The van der Waals surface area contributed by atoms with Crippen molar-refractivity contribution in [1.82, 2.24) is 10.2 Å². The average molecular weight is 565 g/mol. The predicted octanol–water partition coefficient (Wildman–Crippen LogP) is 3.20. The first kappa shape index (κ1) is 30.9. The second kappa shape index (κ2) is 13.6. The van der Waals surface area contributed by atoms with E-state index in [4.69, 9.17) is 10.5 Å². The normalized spacial score (nSPS) is 12.7. The molecule has 0 radical (unpaired) electrons. The lowest BCUT2D eigenvalue weighted by Crippen LogP contribution is -2.53. The van der Waals surface area contributed by atoms with Crippen molar-refractivity contribution in [2.45, 2.75) is 51.3 Å². The summed E-state index contributed by atoms with van der Waals surface area (Å²) in [5.41, 5.74) is 4.98. The van der Waals surface area contributed by atoms with Crippen molar-refractivity contribution in [1.29, 1.82) is 0 Å². The van der Waals surface area contributed by atoms with E-state index in [1.165, 1.54) is 12.1 Å². The van der Waals surface area contributed by atoms with Crippen molar-refractivity contribution in [2.24, 2.45) is 5.73 Å². The third kappa shape index (κ3) is 8.67. The molecule has 218 valence electrons. The van der Waals surface area contributed by atoms with Crippen LogP contribution in [0.5, 0.6) is 5.75 Å². The number of amides is 4. The van der Waals surface area contributed by atoms with Gasteiger partial charge in [0, 0.05) is 24.2 Å². The van der Waals surface area contributed by atoms with Crippen LogP contribution in [0.25, 0.3) is 10.8 Å². The summed E-state index contributed by atoms with van der Waals surface area (Å²) in [5.74, 6) is -2.41. The van der Waals surface area contributed by atoms with Gasteiger partial charge in [-0.05, 0) is 56.2 Å². The number of phenolic OH excluding ortho intramolecular Hbond substituents is 1. The first-order valence-corrected chi connectivity index (χ1v) is 13.2. The van der Waals surface area contributed by atoms with E-state index >= 15 is 0 Å². The van der Waals surface area contributed by atoms with E-state index in [-0.39, 0.29) is 30.7 Å². The number of rotatable bonds is 11. The Morgan fingerprint density at radius 3 is 2.27 bits per heavy atom. The molecule has 3 rings (SSSR count). The summed E-state index contributed by atoms with van der Waals surface area (Å²) in [7, 11) is 0. The minimum absolute atomic E-state index is 0.0958. The van der Waals surface area contributed by atoms with Gasteiger partial charge in [-0.3, -0.25) is 14.4 Å². The van der Waals surface area contributed by atoms with Crippen molar-refractivity contribution < 1.29 is 34.1 Å². The van der Waals surface area contributed by atoms with E-state index in [0.717, 1.165) is 15.7 Å². The zero-order valence-electron chi connectivity index (χ0n) is 23.3. The standard InChI is InChI=1S/C30H36N4O7/c1-30(2,3)41-29(40)33-23(14-15-25(31)37)28(39)34(16-17-35)26(22-10-6-7-11-24(22)36)27(38)32-21-13-12-19-8-4-5-9-20(19)18-21/h4-13,18,23,26,35-36H,14-17H2,1-3H3,(H2,31,37)(H,32,38)(H,33,40). The van der Waals surface area contributed by atoms with Gasteiger partial charge in [0.1, 0.15) is 23.4 Å². The zero-order chi connectivity index (χ0) is 30.2. The Morgan fingerprint density at radius 2 is 1.63 bits per heavy atom. The highest BCUT2D eigenvalue weighted by Crippen LogP contribution is 2.31. The maximum absolute atomic E-state index is 13.9. The van der Waals surface area contributed by atoms with Gasteiger partial charge in [0.25, 0.3) is 5.91 Å². The number of phenols is 1. The summed E-state index contributed by atoms with van der Waals surface area (Å²) in [6.07, 6.45) is -1.34. The van der Waals surface area contributed by atoms with Gasteiger partial charge in [-0.1, -0.05) is 48.5 Å². The molecular formula is C30H36N4O7. The molecule has 11 nitrogen and oxygen atoms in total. The summed E-state index contributed by atoms with van der Waals surface area (Å²) < 4.78 is 5.29. The summed E-state index contributed by atoms with van der Waals surface area (Å²) in [6.45, 7) is 4.09. The van der Waals surface area contributed by atoms with Crippen LogP contribution < -0.4 is 16.4 Å². The SMILES string of the molecule is CC(C)(C)OC(=O)NC(CCC(N)=O)C(=O)N(CCO)C(C(=O)Nc1ccc2ccccc2c1)c1ccccc1O. The van der Waals surface area contributed by atoms with Gasteiger partial charge in [-0.25, -0.2) is 4.79 Å². The molecule has 3 aromatic carbocycles. The Balaban J connectivity index is 2.01. The molecule has 41 heavy (non-hydrogen) atoms. The topological polar surface area (TPSA) is 171 Å². The third-order valence-corrected chi connectivity index (χ3v) is 6.10. The molecule has 0 saturated carbocycles. The van der Waals surface area contributed by atoms with Crippen molar-refractivity contribution in [3.8, 4) is 5.75 Å². The molecule has 0 spiro atoms. The van der Waals surface area contributed by atoms with E-state index in [9.17, 15) is 29.4 Å². The van der Waals surface area contributed by atoms with Crippen molar-refractivity contribution in [3.63, 3.8) is 0 Å². The van der Waals surface area contributed by atoms with Gasteiger partial charge >= 0.3 is 6.09 Å². The highest BCUT2D eigenvalue weighted by atomic mass is 16.6. The van der Waals surface area contributed by atoms with Crippen LogP contribution in [0.15, 0.2) is 66.7 Å². The number of nitrogens with one attached hydrogen (secondary N) is 2. The molecule has 0 fully saturated rings. The van der Waals surface area contributed by atoms with Crippen LogP contribution in [0.1, 0.15) is 45.2 Å². The van der Waals surface area contributed by atoms with E-state index in [1.54, 1.807) is 45.0 Å². The number of aliphatic hydroxyl groups is 1. The Kier molecular flexibility index (Phi) is 10.3. The van der Waals surface area contributed by atoms with Crippen molar-refractivity contribution in [2.75, 3.05) is 18.5 Å². The summed E-state index contributed by atoms with van der Waals surface area (Å²) in [4.78, 5) is 53.0. The van der Waals surface area contributed by atoms with Crippen molar-refractivity contribution in [3.05, 3.63) is 72.3 Å². The number of carbonyl (C=O) groups is 4. The molecule has 0 aliphatic heterocycles. The maximum atomic E-state index is 13.9. The Morgan fingerprint density at radius 1 is 0.976 bits per heavy atom.